The molecule has 5 rings (SSSR count). The van der Waals surface area contributed by atoms with Gasteiger partial charge in [0.2, 0.25) is 5.95 Å². The Morgan fingerprint density at radius 1 is 1.18 bits per heavy atom. The van der Waals surface area contributed by atoms with Crippen molar-refractivity contribution in [3.63, 3.8) is 0 Å². The predicted molar refractivity (Wildman–Crippen MR) is 149 cm³/mol. The normalized spacial score (nSPS) is 17.1. The van der Waals surface area contributed by atoms with Crippen molar-refractivity contribution in [3.8, 4) is 11.3 Å². The van der Waals surface area contributed by atoms with Crippen LogP contribution in [-0.4, -0.2) is 56.8 Å². The highest BCUT2D eigenvalue weighted by Gasteiger charge is 2.26. The number of imide groups is 1. The molecule has 0 aliphatic carbocycles. The quantitative estimate of drug-likeness (QED) is 0.358. The molecule has 2 fully saturated rings. The lowest BCUT2D eigenvalue weighted by Gasteiger charge is -2.32. The van der Waals surface area contributed by atoms with E-state index in [0.717, 1.165) is 55.4 Å². The highest BCUT2D eigenvalue weighted by Crippen LogP contribution is 2.28. The fraction of sp³-hybridized carbons (Fsp3) is 0.286. The van der Waals surface area contributed by atoms with Crippen LogP contribution in [0.4, 0.5) is 10.7 Å². The van der Waals surface area contributed by atoms with Crippen molar-refractivity contribution >= 4 is 40.9 Å². The van der Waals surface area contributed by atoms with Gasteiger partial charge in [-0.1, -0.05) is 17.7 Å². The minimum absolute atomic E-state index is 0.245. The third-order valence-electron chi connectivity index (χ3n) is 6.78. The Morgan fingerprint density at radius 2 is 2.00 bits per heavy atom. The molecule has 2 aliphatic heterocycles. The van der Waals surface area contributed by atoms with Crippen molar-refractivity contribution in [1.82, 2.24) is 25.6 Å². The number of thioether (sulfide) groups is 1. The van der Waals surface area contributed by atoms with Crippen molar-refractivity contribution in [2.45, 2.75) is 26.3 Å². The first kappa shape index (κ1) is 26.5. The largest absolute Gasteiger partial charge is 0.478 e. The second-order valence-electron chi connectivity index (χ2n) is 9.56. The maximum atomic E-state index is 11.8. The number of aromatic nitrogens is 3. The first-order chi connectivity index (χ1) is 18.9. The number of aryl methyl sites for hydroxylation is 1. The predicted octanol–water partition coefficient (Wildman–Crippen LogP) is 3.88. The Labute approximate surface area is 230 Å². The number of carboxylic acids is 1. The summed E-state index contributed by atoms with van der Waals surface area (Å²) in [5.74, 6) is -0.286. The first-order valence-corrected chi connectivity index (χ1v) is 13.5. The Bertz CT molecular complexity index is 1450. The van der Waals surface area contributed by atoms with Gasteiger partial charge in [-0.25, -0.2) is 14.8 Å². The summed E-state index contributed by atoms with van der Waals surface area (Å²) in [7, 11) is 0. The monoisotopic (exact) mass is 544 g/mol. The average Bonchev–Trinajstić information content (AvgIpc) is 3.25. The van der Waals surface area contributed by atoms with Crippen LogP contribution in [0.25, 0.3) is 17.3 Å². The van der Waals surface area contributed by atoms with Crippen LogP contribution in [0.5, 0.6) is 0 Å². The van der Waals surface area contributed by atoms with Gasteiger partial charge in [-0.05, 0) is 79.9 Å². The van der Waals surface area contributed by atoms with Crippen molar-refractivity contribution in [2.75, 3.05) is 24.5 Å². The zero-order chi connectivity index (χ0) is 27.4. The number of carbonyl (C=O) groups excluding carboxylic acids is 2. The molecular formula is C28H28N6O4S. The van der Waals surface area contributed by atoms with Gasteiger partial charge >= 0.3 is 5.97 Å². The van der Waals surface area contributed by atoms with E-state index in [0.29, 0.717) is 40.3 Å². The lowest BCUT2D eigenvalue weighted by Crippen LogP contribution is -2.38. The summed E-state index contributed by atoms with van der Waals surface area (Å²) in [5, 5.41) is 15.1. The van der Waals surface area contributed by atoms with Crippen LogP contribution in [0.3, 0.4) is 0 Å². The molecule has 10 nitrogen and oxygen atoms in total. The summed E-state index contributed by atoms with van der Waals surface area (Å²) in [4.78, 5) is 51.0. The number of hydrogen-bond donors (Lipinski definition) is 3. The van der Waals surface area contributed by atoms with Crippen LogP contribution in [0.15, 0.2) is 53.7 Å². The van der Waals surface area contributed by atoms with E-state index in [1.165, 1.54) is 0 Å². The number of nitrogens with one attached hydrogen (secondary N) is 2. The molecule has 0 unspecified atom stereocenters. The van der Waals surface area contributed by atoms with E-state index in [4.69, 9.17) is 0 Å². The second-order valence-corrected chi connectivity index (χ2v) is 10.6. The minimum atomic E-state index is -0.967. The number of amides is 2. The maximum absolute atomic E-state index is 11.8. The number of carboxylic acid groups (broad SMARTS) is 1. The van der Waals surface area contributed by atoms with Crippen molar-refractivity contribution in [1.29, 1.82) is 0 Å². The SMILES string of the molecule is Cc1ccc(C(=O)O)c(-c2ncccc2CNCC2CCN(c3nccc(/C=C4\SC(=O)NC4=O)n3)CC2)c1. The molecule has 2 amide bonds. The van der Waals surface area contributed by atoms with E-state index < -0.39 is 11.9 Å². The molecule has 11 heteroatoms. The van der Waals surface area contributed by atoms with Crippen LogP contribution in [0.1, 0.15) is 40.0 Å². The molecule has 2 aliphatic rings. The van der Waals surface area contributed by atoms with Gasteiger partial charge in [0, 0.05) is 37.6 Å². The molecule has 200 valence electrons. The van der Waals surface area contributed by atoms with Gasteiger partial charge < -0.3 is 15.3 Å². The van der Waals surface area contributed by atoms with E-state index in [1.807, 2.05) is 25.1 Å². The first-order valence-electron chi connectivity index (χ1n) is 12.7. The third kappa shape index (κ3) is 6.32. The van der Waals surface area contributed by atoms with Gasteiger partial charge in [0.25, 0.3) is 11.1 Å². The molecule has 4 heterocycles. The highest BCUT2D eigenvalue weighted by molar-refractivity contribution is 8.18. The number of hydrogen-bond acceptors (Lipinski definition) is 9. The van der Waals surface area contributed by atoms with Crippen LogP contribution in [-0.2, 0) is 11.3 Å². The number of nitrogens with zero attached hydrogens (tertiary/aromatic N) is 4. The molecule has 0 atom stereocenters. The van der Waals surface area contributed by atoms with E-state index in [9.17, 15) is 19.5 Å². The van der Waals surface area contributed by atoms with E-state index in [-0.39, 0.29) is 10.8 Å². The summed E-state index contributed by atoms with van der Waals surface area (Å²) in [6.07, 6.45) is 6.90. The molecule has 0 bridgehead atoms. The van der Waals surface area contributed by atoms with Crippen molar-refractivity contribution in [3.05, 3.63) is 76.1 Å². The van der Waals surface area contributed by atoms with Gasteiger partial charge in [0.05, 0.1) is 21.9 Å². The van der Waals surface area contributed by atoms with Crippen molar-refractivity contribution < 1.29 is 19.5 Å². The smallest absolute Gasteiger partial charge is 0.336 e. The van der Waals surface area contributed by atoms with Crippen LogP contribution in [0, 0.1) is 12.8 Å². The van der Waals surface area contributed by atoms with Crippen molar-refractivity contribution in [2.24, 2.45) is 5.92 Å². The van der Waals surface area contributed by atoms with Crippen LogP contribution >= 0.6 is 11.8 Å². The number of pyridine rings is 1. The zero-order valence-electron chi connectivity index (χ0n) is 21.4. The van der Waals surface area contributed by atoms with E-state index in [1.54, 1.807) is 36.7 Å². The number of piperidine rings is 1. The van der Waals surface area contributed by atoms with Gasteiger partial charge in [0.15, 0.2) is 0 Å². The van der Waals surface area contributed by atoms with Gasteiger partial charge in [-0.15, -0.1) is 0 Å². The topological polar surface area (TPSA) is 137 Å². The Morgan fingerprint density at radius 3 is 2.74 bits per heavy atom. The fourth-order valence-corrected chi connectivity index (χ4v) is 5.43. The van der Waals surface area contributed by atoms with Gasteiger partial charge in [-0.3, -0.25) is 19.9 Å². The summed E-state index contributed by atoms with van der Waals surface area (Å²) in [6, 6.07) is 10.9. The number of carbonyl (C=O) groups is 3. The minimum Gasteiger partial charge on any atom is -0.478 e. The lowest BCUT2D eigenvalue weighted by molar-refractivity contribution is -0.115. The van der Waals surface area contributed by atoms with Gasteiger partial charge in [-0.2, -0.15) is 0 Å². The average molecular weight is 545 g/mol. The molecule has 0 radical (unpaired) electrons. The molecule has 1 aromatic carbocycles. The second kappa shape index (κ2) is 11.7. The maximum Gasteiger partial charge on any atom is 0.336 e. The molecule has 2 aromatic heterocycles. The molecule has 0 spiro atoms. The summed E-state index contributed by atoms with van der Waals surface area (Å²) in [5.41, 5.74) is 4.08. The standard InChI is InChI=1S/C28H28N6O4S/c1-17-4-5-21(26(36)37)22(13-17)24-19(3-2-9-30-24)16-29-15-18-7-11-34(12-8-18)27-31-10-6-20(32-27)14-23-25(35)33-28(38)39-23/h2-6,9-10,13-14,18,29H,7-8,11-12,15-16H2,1H3,(H,36,37)(H,33,35,38)/b23-14-. The fourth-order valence-electron chi connectivity index (χ4n) is 4.76. The number of aromatic carboxylic acids is 1. The molecule has 0 saturated carbocycles. The Hall–Kier alpha value is -4.09. The lowest BCUT2D eigenvalue weighted by atomic mass is 9.96. The Balaban J connectivity index is 1.17. The van der Waals surface area contributed by atoms with E-state index >= 15 is 0 Å². The molecule has 2 saturated heterocycles. The summed E-state index contributed by atoms with van der Waals surface area (Å²) in [6.45, 7) is 4.97. The summed E-state index contributed by atoms with van der Waals surface area (Å²) < 4.78 is 0. The number of rotatable bonds is 8. The molecule has 3 N–H and O–H groups in total. The zero-order valence-corrected chi connectivity index (χ0v) is 22.2. The molecular weight excluding hydrogens is 516 g/mol. The summed E-state index contributed by atoms with van der Waals surface area (Å²) >= 11 is 0.869. The van der Waals surface area contributed by atoms with Gasteiger partial charge in [0.1, 0.15) is 0 Å². The molecule has 39 heavy (non-hydrogen) atoms. The number of benzene rings is 1. The Kier molecular flexibility index (Phi) is 7.99. The number of anilines is 1. The van der Waals surface area contributed by atoms with Crippen LogP contribution < -0.4 is 15.5 Å². The molecule has 3 aromatic rings. The van der Waals surface area contributed by atoms with Crippen LogP contribution in [0.2, 0.25) is 0 Å². The highest BCUT2D eigenvalue weighted by atomic mass is 32.2. The van der Waals surface area contributed by atoms with E-state index in [2.05, 4.69) is 30.5 Å². The third-order valence-corrected chi connectivity index (χ3v) is 7.59.